The topological polar surface area (TPSA) is 58.1 Å². The van der Waals surface area contributed by atoms with Crippen molar-refractivity contribution in [3.63, 3.8) is 0 Å². The third kappa shape index (κ3) is 9.27. The first-order chi connectivity index (χ1) is 11.6. The molecule has 6 nitrogen and oxygen atoms in total. The normalized spacial score (nSPS) is 12.5. The van der Waals surface area contributed by atoms with Crippen LogP contribution >= 0.6 is 24.0 Å². The van der Waals surface area contributed by atoms with Crippen molar-refractivity contribution in [3.8, 4) is 5.75 Å². The van der Waals surface area contributed by atoms with Gasteiger partial charge in [-0.15, -0.1) is 24.0 Å². The zero-order valence-electron chi connectivity index (χ0n) is 16.0. The van der Waals surface area contributed by atoms with Crippen molar-refractivity contribution in [1.29, 1.82) is 0 Å². The minimum Gasteiger partial charge on any atom is -0.497 e. The van der Waals surface area contributed by atoms with Gasteiger partial charge >= 0.3 is 0 Å². The largest absolute Gasteiger partial charge is 0.497 e. The van der Waals surface area contributed by atoms with Gasteiger partial charge in [-0.1, -0.05) is 12.1 Å². The van der Waals surface area contributed by atoms with E-state index in [9.17, 15) is 0 Å². The Kier molecular flexibility index (Phi) is 13.5. The van der Waals surface area contributed by atoms with Crippen LogP contribution in [0.15, 0.2) is 29.3 Å². The van der Waals surface area contributed by atoms with E-state index in [-0.39, 0.29) is 30.0 Å². The summed E-state index contributed by atoms with van der Waals surface area (Å²) >= 11 is 0. The Morgan fingerprint density at radius 2 is 1.84 bits per heavy atom. The van der Waals surface area contributed by atoms with Crippen LogP contribution in [-0.4, -0.2) is 65.4 Å². The van der Waals surface area contributed by atoms with Gasteiger partial charge in [-0.05, 0) is 45.1 Å². The lowest BCUT2D eigenvalue weighted by molar-refractivity contribution is 0.195. The molecule has 0 aliphatic heterocycles. The van der Waals surface area contributed by atoms with Gasteiger partial charge in [0.05, 0.1) is 19.7 Å². The highest BCUT2D eigenvalue weighted by atomic mass is 127. The standard InChI is InChI=1S/C18H32N4O2.HI/c1-6-19-18(20-12-7-13-23-4)21-14-17(22(2)3)15-8-10-16(24-5)11-9-15;/h8-11,17H,6-7,12-14H2,1-5H3,(H2,19,20,21);1H. The molecule has 0 spiro atoms. The Hall–Kier alpha value is -1.06. The maximum absolute atomic E-state index is 5.23. The van der Waals surface area contributed by atoms with E-state index in [0.29, 0.717) is 6.54 Å². The minimum absolute atomic E-state index is 0. The first-order valence-corrected chi connectivity index (χ1v) is 8.43. The Bertz CT molecular complexity index is 480. The van der Waals surface area contributed by atoms with Crippen LogP contribution in [0.25, 0.3) is 0 Å². The molecule has 1 aromatic carbocycles. The lowest BCUT2D eigenvalue weighted by Gasteiger charge is -2.24. The van der Waals surface area contributed by atoms with Gasteiger partial charge in [-0.3, -0.25) is 4.99 Å². The molecule has 0 heterocycles. The molecule has 0 saturated carbocycles. The van der Waals surface area contributed by atoms with Crippen molar-refractivity contribution in [2.75, 3.05) is 54.6 Å². The van der Waals surface area contributed by atoms with Crippen molar-refractivity contribution in [3.05, 3.63) is 29.8 Å². The molecule has 2 N–H and O–H groups in total. The monoisotopic (exact) mass is 464 g/mol. The second kappa shape index (κ2) is 14.1. The van der Waals surface area contributed by atoms with Gasteiger partial charge in [0.15, 0.2) is 5.96 Å². The number of nitrogens with zero attached hydrogens (tertiary/aromatic N) is 2. The fraction of sp³-hybridized carbons (Fsp3) is 0.611. The third-order valence-electron chi connectivity index (χ3n) is 3.71. The SMILES string of the molecule is CCNC(=NCC(c1ccc(OC)cc1)N(C)C)NCCCOC.I. The van der Waals surface area contributed by atoms with Crippen molar-refractivity contribution in [2.45, 2.75) is 19.4 Å². The summed E-state index contributed by atoms with van der Waals surface area (Å²) in [5, 5.41) is 6.62. The van der Waals surface area contributed by atoms with Crippen LogP contribution in [0.1, 0.15) is 24.9 Å². The Labute approximate surface area is 169 Å². The summed E-state index contributed by atoms with van der Waals surface area (Å²) in [5.41, 5.74) is 1.22. The van der Waals surface area contributed by atoms with Gasteiger partial charge in [-0.25, -0.2) is 0 Å². The molecule has 0 fully saturated rings. The lowest BCUT2D eigenvalue weighted by Crippen LogP contribution is -2.38. The summed E-state index contributed by atoms with van der Waals surface area (Å²) in [7, 11) is 7.54. The number of hydrogen-bond acceptors (Lipinski definition) is 4. The highest BCUT2D eigenvalue weighted by Crippen LogP contribution is 2.21. The molecule has 7 heteroatoms. The summed E-state index contributed by atoms with van der Waals surface area (Å²) in [5.74, 6) is 1.71. The number of methoxy groups -OCH3 is 2. The van der Waals surface area contributed by atoms with Gasteiger partial charge in [0.1, 0.15) is 5.75 Å². The number of rotatable bonds is 10. The van der Waals surface area contributed by atoms with Crippen LogP contribution in [0.3, 0.4) is 0 Å². The molecule has 1 aromatic rings. The van der Waals surface area contributed by atoms with Crippen LogP contribution in [0.5, 0.6) is 5.75 Å². The second-order valence-corrected chi connectivity index (χ2v) is 5.75. The average Bonchev–Trinajstić information content (AvgIpc) is 2.59. The van der Waals surface area contributed by atoms with E-state index in [1.807, 2.05) is 12.1 Å². The number of halogens is 1. The smallest absolute Gasteiger partial charge is 0.191 e. The Morgan fingerprint density at radius 3 is 2.36 bits per heavy atom. The van der Waals surface area contributed by atoms with Crippen molar-refractivity contribution < 1.29 is 9.47 Å². The second-order valence-electron chi connectivity index (χ2n) is 5.75. The number of likely N-dealkylation sites (N-methyl/N-ethyl adjacent to an activating group) is 1. The molecule has 1 rings (SSSR count). The van der Waals surface area contributed by atoms with E-state index in [0.717, 1.165) is 37.8 Å². The molecule has 144 valence electrons. The number of guanidine groups is 1. The fourth-order valence-corrected chi connectivity index (χ4v) is 2.34. The van der Waals surface area contributed by atoms with Crippen molar-refractivity contribution in [1.82, 2.24) is 15.5 Å². The average molecular weight is 464 g/mol. The Morgan fingerprint density at radius 1 is 1.16 bits per heavy atom. The van der Waals surface area contributed by atoms with Crippen LogP contribution in [-0.2, 0) is 4.74 Å². The maximum Gasteiger partial charge on any atom is 0.191 e. The minimum atomic E-state index is 0. The van der Waals surface area contributed by atoms with Crippen LogP contribution in [0.4, 0.5) is 0 Å². The zero-order chi connectivity index (χ0) is 17.8. The molecule has 0 aliphatic carbocycles. The van der Waals surface area contributed by atoms with E-state index in [4.69, 9.17) is 14.5 Å². The lowest BCUT2D eigenvalue weighted by atomic mass is 10.1. The van der Waals surface area contributed by atoms with Gasteiger partial charge in [0.2, 0.25) is 0 Å². The molecular formula is C18H33IN4O2. The fourth-order valence-electron chi connectivity index (χ4n) is 2.34. The van der Waals surface area contributed by atoms with Gasteiger partial charge < -0.3 is 25.0 Å². The molecule has 0 radical (unpaired) electrons. The first-order valence-electron chi connectivity index (χ1n) is 8.43. The molecule has 1 atom stereocenters. The molecule has 25 heavy (non-hydrogen) atoms. The summed E-state index contributed by atoms with van der Waals surface area (Å²) in [6, 6.07) is 8.38. The molecule has 0 aromatic heterocycles. The zero-order valence-corrected chi connectivity index (χ0v) is 18.4. The molecule has 0 bridgehead atoms. The third-order valence-corrected chi connectivity index (χ3v) is 3.71. The quantitative estimate of drug-likeness (QED) is 0.241. The Balaban J connectivity index is 0.00000576. The van der Waals surface area contributed by atoms with Crippen molar-refractivity contribution >= 4 is 29.9 Å². The number of aliphatic imine (C=N–C) groups is 1. The number of ether oxygens (including phenoxy) is 2. The number of benzene rings is 1. The summed E-state index contributed by atoms with van der Waals surface area (Å²) < 4.78 is 10.3. The van der Waals surface area contributed by atoms with Crippen LogP contribution in [0.2, 0.25) is 0 Å². The highest BCUT2D eigenvalue weighted by Gasteiger charge is 2.14. The highest BCUT2D eigenvalue weighted by molar-refractivity contribution is 14.0. The molecule has 0 saturated heterocycles. The maximum atomic E-state index is 5.23. The van der Waals surface area contributed by atoms with Gasteiger partial charge in [-0.2, -0.15) is 0 Å². The van der Waals surface area contributed by atoms with E-state index in [1.54, 1.807) is 14.2 Å². The molecule has 0 aliphatic rings. The summed E-state index contributed by atoms with van der Waals surface area (Å²) in [4.78, 5) is 6.91. The number of nitrogens with one attached hydrogen (secondary N) is 2. The van der Waals surface area contributed by atoms with Crippen molar-refractivity contribution in [2.24, 2.45) is 4.99 Å². The predicted molar refractivity (Wildman–Crippen MR) is 115 cm³/mol. The van der Waals surface area contributed by atoms with Gasteiger partial charge in [0.25, 0.3) is 0 Å². The van der Waals surface area contributed by atoms with E-state index < -0.39 is 0 Å². The summed E-state index contributed by atoms with van der Waals surface area (Å²) in [6.45, 7) is 5.18. The number of hydrogen-bond donors (Lipinski definition) is 2. The van der Waals surface area contributed by atoms with Crippen LogP contribution in [0, 0.1) is 0 Å². The van der Waals surface area contributed by atoms with E-state index in [2.05, 4.69) is 48.7 Å². The first kappa shape index (κ1) is 23.9. The predicted octanol–water partition coefficient (Wildman–Crippen LogP) is 2.51. The molecular weight excluding hydrogens is 431 g/mol. The van der Waals surface area contributed by atoms with E-state index >= 15 is 0 Å². The molecule has 1 unspecified atom stereocenters. The van der Waals surface area contributed by atoms with E-state index in [1.165, 1.54) is 5.56 Å². The van der Waals surface area contributed by atoms with Gasteiger partial charge in [0, 0.05) is 26.8 Å². The van der Waals surface area contributed by atoms with Crippen LogP contribution < -0.4 is 15.4 Å². The molecule has 0 amide bonds. The summed E-state index contributed by atoms with van der Waals surface area (Å²) in [6.07, 6.45) is 0.955.